The van der Waals surface area contributed by atoms with Crippen LogP contribution in [-0.4, -0.2) is 37.2 Å². The summed E-state index contributed by atoms with van der Waals surface area (Å²) >= 11 is 0. The van der Waals surface area contributed by atoms with E-state index in [4.69, 9.17) is 14.2 Å². The fourth-order valence-corrected chi connectivity index (χ4v) is 7.93. The maximum absolute atomic E-state index is 12.8. The van der Waals surface area contributed by atoms with Crippen molar-refractivity contribution in [1.29, 1.82) is 0 Å². The first kappa shape index (κ1) is 63.8. The van der Waals surface area contributed by atoms with E-state index >= 15 is 0 Å². The standard InChI is InChI=1S/C61H106O6/c1-4-7-10-13-16-19-22-24-26-28-30-32-34-36-39-42-45-48-51-54-60(63)66-57-58(56-65-59(62)53-50-47-44-41-38-21-18-15-12-9-6-3)67-61(64)55-52-49-46-43-40-37-35-33-31-29-27-25-23-20-17-14-11-8-5-2/h8,11,17,20,24-27,31,33,37,40,58H,4-7,9-10,12-16,18-19,21-23,28-30,32,34-36,38-39,41-57H2,1-3H3/b11-8-,20-17-,26-24-,27-25-,33-31-,40-37-/t58-/m0/s1. The van der Waals surface area contributed by atoms with E-state index in [-0.39, 0.29) is 31.1 Å². The van der Waals surface area contributed by atoms with E-state index in [0.717, 1.165) is 96.3 Å². The van der Waals surface area contributed by atoms with E-state index in [9.17, 15) is 14.4 Å². The van der Waals surface area contributed by atoms with Crippen LogP contribution in [0.15, 0.2) is 72.9 Å². The molecule has 0 amide bonds. The summed E-state index contributed by atoms with van der Waals surface area (Å²) in [6.07, 6.45) is 70.3. The summed E-state index contributed by atoms with van der Waals surface area (Å²) in [5, 5.41) is 0. The molecule has 0 radical (unpaired) electrons. The molecule has 0 unspecified atom stereocenters. The second-order valence-corrected chi connectivity index (χ2v) is 18.8. The average Bonchev–Trinajstić information content (AvgIpc) is 3.33. The average molecular weight is 936 g/mol. The molecule has 0 spiro atoms. The minimum atomic E-state index is -0.792. The molecule has 0 aliphatic carbocycles. The Morgan fingerprint density at radius 3 is 0.940 bits per heavy atom. The molecule has 0 bridgehead atoms. The first-order valence-corrected chi connectivity index (χ1v) is 28.4. The van der Waals surface area contributed by atoms with Crippen molar-refractivity contribution < 1.29 is 28.6 Å². The van der Waals surface area contributed by atoms with Gasteiger partial charge < -0.3 is 14.2 Å². The van der Waals surface area contributed by atoms with Crippen molar-refractivity contribution in [2.75, 3.05) is 13.2 Å². The van der Waals surface area contributed by atoms with Crippen molar-refractivity contribution in [2.45, 2.75) is 284 Å². The van der Waals surface area contributed by atoms with Gasteiger partial charge in [-0.3, -0.25) is 14.4 Å². The summed E-state index contributed by atoms with van der Waals surface area (Å²) in [4.78, 5) is 38.1. The molecule has 0 aliphatic rings. The summed E-state index contributed by atoms with van der Waals surface area (Å²) in [5.74, 6) is -0.915. The van der Waals surface area contributed by atoms with Gasteiger partial charge in [0.1, 0.15) is 13.2 Å². The Bertz CT molecular complexity index is 1260. The molecule has 0 N–H and O–H groups in total. The van der Waals surface area contributed by atoms with Crippen molar-refractivity contribution in [1.82, 2.24) is 0 Å². The first-order chi connectivity index (χ1) is 33.0. The smallest absolute Gasteiger partial charge is 0.306 e. The van der Waals surface area contributed by atoms with Gasteiger partial charge >= 0.3 is 17.9 Å². The van der Waals surface area contributed by atoms with Crippen LogP contribution in [0.1, 0.15) is 278 Å². The van der Waals surface area contributed by atoms with E-state index < -0.39 is 6.10 Å². The van der Waals surface area contributed by atoms with Gasteiger partial charge in [0.2, 0.25) is 0 Å². The molecule has 386 valence electrons. The number of unbranched alkanes of at least 4 members (excludes halogenated alkanes) is 28. The topological polar surface area (TPSA) is 78.9 Å². The Balaban J connectivity index is 4.39. The van der Waals surface area contributed by atoms with Gasteiger partial charge in [-0.2, -0.15) is 0 Å². The Morgan fingerprint density at radius 2 is 0.582 bits per heavy atom. The Morgan fingerprint density at radius 1 is 0.313 bits per heavy atom. The lowest BCUT2D eigenvalue weighted by molar-refractivity contribution is -0.167. The monoisotopic (exact) mass is 935 g/mol. The van der Waals surface area contributed by atoms with Gasteiger partial charge in [0.25, 0.3) is 0 Å². The molecule has 0 saturated heterocycles. The zero-order chi connectivity index (χ0) is 48.6. The van der Waals surface area contributed by atoms with Gasteiger partial charge in [-0.15, -0.1) is 0 Å². The van der Waals surface area contributed by atoms with Gasteiger partial charge in [0.15, 0.2) is 6.10 Å². The molecule has 0 aliphatic heterocycles. The van der Waals surface area contributed by atoms with Crippen LogP contribution in [0.5, 0.6) is 0 Å². The van der Waals surface area contributed by atoms with Gasteiger partial charge in [0, 0.05) is 19.3 Å². The first-order valence-electron chi connectivity index (χ1n) is 28.4. The third kappa shape index (κ3) is 53.7. The minimum absolute atomic E-state index is 0.0874. The third-order valence-corrected chi connectivity index (χ3v) is 12.2. The van der Waals surface area contributed by atoms with Crippen LogP contribution in [0.25, 0.3) is 0 Å². The molecule has 0 aromatic heterocycles. The predicted molar refractivity (Wildman–Crippen MR) is 288 cm³/mol. The van der Waals surface area contributed by atoms with E-state index in [0.29, 0.717) is 19.3 Å². The van der Waals surface area contributed by atoms with E-state index in [1.807, 2.05) is 0 Å². The lowest BCUT2D eigenvalue weighted by Crippen LogP contribution is -2.30. The number of rotatable bonds is 51. The second kappa shape index (κ2) is 55.4. The zero-order valence-corrected chi connectivity index (χ0v) is 44.2. The summed E-state index contributed by atoms with van der Waals surface area (Å²) in [7, 11) is 0. The Labute approximate surface area is 414 Å². The highest BCUT2D eigenvalue weighted by Gasteiger charge is 2.19. The van der Waals surface area contributed by atoms with Crippen LogP contribution in [0.4, 0.5) is 0 Å². The van der Waals surface area contributed by atoms with Crippen LogP contribution in [-0.2, 0) is 28.6 Å². The molecule has 0 aromatic rings. The molecule has 0 saturated carbocycles. The van der Waals surface area contributed by atoms with Gasteiger partial charge in [-0.05, 0) is 89.9 Å². The predicted octanol–water partition coefficient (Wildman–Crippen LogP) is 19.0. The number of ether oxygens (including phenoxy) is 3. The minimum Gasteiger partial charge on any atom is -0.462 e. The summed E-state index contributed by atoms with van der Waals surface area (Å²) < 4.78 is 16.8. The molecular formula is C61H106O6. The summed E-state index contributed by atoms with van der Waals surface area (Å²) in [6, 6.07) is 0. The molecule has 6 heteroatoms. The molecular weight excluding hydrogens is 829 g/mol. The molecule has 6 nitrogen and oxygen atoms in total. The molecule has 1 atom stereocenters. The van der Waals surface area contributed by atoms with Gasteiger partial charge in [-0.1, -0.05) is 241 Å². The van der Waals surface area contributed by atoms with Crippen molar-refractivity contribution >= 4 is 17.9 Å². The van der Waals surface area contributed by atoms with E-state index in [2.05, 4.69) is 93.7 Å². The lowest BCUT2D eigenvalue weighted by Gasteiger charge is -2.18. The zero-order valence-electron chi connectivity index (χ0n) is 44.2. The summed E-state index contributed by atoms with van der Waals surface area (Å²) in [5.41, 5.74) is 0. The highest BCUT2D eigenvalue weighted by Crippen LogP contribution is 2.15. The SMILES string of the molecule is CC/C=C\C/C=C\C/C=C\C/C=C\C/C=C\CCCCCC(=O)O[C@H](COC(=O)CCCCCCCCCCC/C=C\CCCCCCCC)COC(=O)CCCCCCCCCCCCC. The fraction of sp³-hybridized carbons (Fsp3) is 0.754. The number of allylic oxidation sites excluding steroid dienone is 12. The van der Waals surface area contributed by atoms with Crippen LogP contribution in [0.2, 0.25) is 0 Å². The van der Waals surface area contributed by atoms with Crippen molar-refractivity contribution in [2.24, 2.45) is 0 Å². The van der Waals surface area contributed by atoms with E-state index in [1.165, 1.54) is 141 Å². The Hall–Kier alpha value is -3.15. The normalized spacial score (nSPS) is 12.6. The maximum Gasteiger partial charge on any atom is 0.306 e. The molecule has 0 aromatic carbocycles. The maximum atomic E-state index is 12.8. The van der Waals surface area contributed by atoms with Crippen molar-refractivity contribution in [3.05, 3.63) is 72.9 Å². The van der Waals surface area contributed by atoms with Crippen molar-refractivity contribution in [3.8, 4) is 0 Å². The number of esters is 3. The van der Waals surface area contributed by atoms with Crippen molar-refractivity contribution in [3.63, 3.8) is 0 Å². The fourth-order valence-electron chi connectivity index (χ4n) is 7.93. The highest BCUT2D eigenvalue weighted by atomic mass is 16.6. The number of carbonyl (C=O) groups excluding carboxylic acids is 3. The molecule has 0 fully saturated rings. The van der Waals surface area contributed by atoms with Crippen LogP contribution in [0.3, 0.4) is 0 Å². The summed E-state index contributed by atoms with van der Waals surface area (Å²) in [6.45, 7) is 6.50. The largest absolute Gasteiger partial charge is 0.462 e. The lowest BCUT2D eigenvalue weighted by atomic mass is 10.1. The highest BCUT2D eigenvalue weighted by molar-refractivity contribution is 5.71. The number of hydrogen-bond acceptors (Lipinski definition) is 6. The van der Waals surface area contributed by atoms with Crippen LogP contribution < -0.4 is 0 Å². The van der Waals surface area contributed by atoms with Gasteiger partial charge in [-0.25, -0.2) is 0 Å². The van der Waals surface area contributed by atoms with Crippen LogP contribution >= 0.6 is 0 Å². The Kier molecular flexibility index (Phi) is 52.8. The molecule has 0 heterocycles. The number of carbonyl (C=O) groups is 3. The van der Waals surface area contributed by atoms with Gasteiger partial charge in [0.05, 0.1) is 0 Å². The molecule has 0 rings (SSSR count). The third-order valence-electron chi connectivity index (χ3n) is 12.2. The van der Waals surface area contributed by atoms with Crippen LogP contribution in [0, 0.1) is 0 Å². The number of hydrogen-bond donors (Lipinski definition) is 0. The molecule has 67 heavy (non-hydrogen) atoms. The quantitative estimate of drug-likeness (QED) is 0.0262. The van der Waals surface area contributed by atoms with E-state index in [1.54, 1.807) is 0 Å². The second-order valence-electron chi connectivity index (χ2n) is 18.8.